The third-order valence-electron chi connectivity index (χ3n) is 6.86. The molecule has 214 valence electrons. The molecule has 3 N–H and O–H groups in total. The Kier molecular flexibility index (Phi) is 9.83. The standard InChI is InChI=1S/C24H31N3O4S.C2HF3O2/c1-18-7-5-6-10-23(18)32(30,31)25-21-17-19(24(28)29)11-12-22(21)27-15-13-26(14-16-27)20-8-3-2-4-9-20;3-2(4,5)1(6)7/h5-7,10-12,17,20,25H,2-4,8-9,13-16H2,1H3,(H,28,29);(H,6,7). The third-order valence-corrected chi connectivity index (χ3v) is 8.39. The Morgan fingerprint density at radius 2 is 1.54 bits per heavy atom. The molecular weight excluding hydrogens is 539 g/mol. The highest BCUT2D eigenvalue weighted by Gasteiger charge is 2.38. The predicted molar refractivity (Wildman–Crippen MR) is 140 cm³/mol. The van der Waals surface area contributed by atoms with Gasteiger partial charge in [-0.1, -0.05) is 37.5 Å². The predicted octanol–water partition coefficient (Wildman–Crippen LogP) is 4.58. The van der Waals surface area contributed by atoms with Gasteiger partial charge in [-0.15, -0.1) is 0 Å². The van der Waals surface area contributed by atoms with Crippen LogP contribution in [0.5, 0.6) is 0 Å². The number of hydrogen-bond donors (Lipinski definition) is 3. The summed E-state index contributed by atoms with van der Waals surface area (Å²) in [4.78, 5) is 25.3. The first-order valence-electron chi connectivity index (χ1n) is 12.5. The lowest BCUT2D eigenvalue weighted by atomic mass is 9.94. The normalized spacial score (nSPS) is 17.2. The average Bonchev–Trinajstić information content (AvgIpc) is 2.89. The Hall–Kier alpha value is -3.32. The summed E-state index contributed by atoms with van der Waals surface area (Å²) in [5.41, 5.74) is 1.71. The van der Waals surface area contributed by atoms with Crippen LogP contribution in [0.2, 0.25) is 0 Å². The van der Waals surface area contributed by atoms with Crippen molar-refractivity contribution in [2.45, 2.75) is 56.1 Å². The van der Waals surface area contributed by atoms with E-state index in [-0.39, 0.29) is 10.5 Å². The van der Waals surface area contributed by atoms with Gasteiger partial charge in [-0.2, -0.15) is 13.2 Å². The van der Waals surface area contributed by atoms with E-state index in [9.17, 15) is 31.5 Å². The molecule has 0 aromatic heterocycles. The number of sulfonamides is 1. The number of piperazine rings is 1. The van der Waals surface area contributed by atoms with Crippen LogP contribution in [-0.4, -0.2) is 73.9 Å². The molecule has 1 saturated heterocycles. The smallest absolute Gasteiger partial charge is 0.478 e. The fraction of sp³-hybridized carbons (Fsp3) is 0.462. The second-order valence-electron chi connectivity index (χ2n) is 9.53. The third kappa shape index (κ3) is 8.09. The number of aliphatic carboxylic acids is 1. The molecule has 1 aliphatic carbocycles. The molecule has 9 nitrogen and oxygen atoms in total. The number of carbonyl (C=O) groups is 2. The van der Waals surface area contributed by atoms with Crippen molar-refractivity contribution < 1.29 is 41.4 Å². The van der Waals surface area contributed by atoms with Gasteiger partial charge in [0, 0.05) is 32.2 Å². The quantitative estimate of drug-likeness (QED) is 0.460. The minimum absolute atomic E-state index is 0.0528. The van der Waals surface area contributed by atoms with Crippen LogP contribution in [0.4, 0.5) is 24.5 Å². The molecule has 1 aliphatic heterocycles. The van der Waals surface area contributed by atoms with E-state index in [2.05, 4.69) is 14.5 Å². The van der Waals surface area contributed by atoms with E-state index in [0.29, 0.717) is 17.3 Å². The zero-order valence-corrected chi connectivity index (χ0v) is 22.3. The van der Waals surface area contributed by atoms with Crippen molar-refractivity contribution in [3.63, 3.8) is 0 Å². The number of hydrogen-bond acceptors (Lipinski definition) is 6. The number of carboxylic acid groups (broad SMARTS) is 2. The maximum Gasteiger partial charge on any atom is 0.490 e. The molecule has 0 unspecified atom stereocenters. The molecule has 0 radical (unpaired) electrons. The number of alkyl halides is 3. The molecule has 2 fully saturated rings. The first kappa shape index (κ1) is 30.2. The Morgan fingerprint density at radius 1 is 0.949 bits per heavy atom. The van der Waals surface area contributed by atoms with E-state index in [0.717, 1.165) is 31.9 Å². The Morgan fingerprint density at radius 3 is 2.08 bits per heavy atom. The highest BCUT2D eigenvalue weighted by molar-refractivity contribution is 7.92. The SMILES string of the molecule is Cc1ccccc1S(=O)(=O)Nc1cc(C(=O)O)ccc1N1CCN(C2CCCCC2)CC1.O=C(O)C(F)(F)F. The maximum absolute atomic E-state index is 13.1. The number of nitrogens with one attached hydrogen (secondary N) is 1. The first-order chi connectivity index (χ1) is 18.3. The van der Waals surface area contributed by atoms with E-state index in [1.165, 1.54) is 44.2 Å². The van der Waals surface area contributed by atoms with Gasteiger partial charge in [-0.3, -0.25) is 9.62 Å². The summed E-state index contributed by atoms with van der Waals surface area (Å²) in [6.45, 7) is 5.16. The lowest BCUT2D eigenvalue weighted by molar-refractivity contribution is -0.192. The van der Waals surface area contributed by atoms with Crippen LogP contribution in [-0.2, 0) is 14.8 Å². The summed E-state index contributed by atoms with van der Waals surface area (Å²) in [5.74, 6) is -3.84. The molecule has 0 bridgehead atoms. The summed E-state index contributed by atoms with van der Waals surface area (Å²) in [6.07, 6.45) is 1.36. The van der Waals surface area contributed by atoms with E-state index in [1.54, 1.807) is 37.3 Å². The van der Waals surface area contributed by atoms with Crippen molar-refractivity contribution in [1.29, 1.82) is 0 Å². The zero-order chi connectivity index (χ0) is 28.8. The Labute approximate surface area is 225 Å². The Bertz CT molecular complexity index is 1270. The molecule has 0 atom stereocenters. The molecule has 2 aromatic rings. The molecule has 39 heavy (non-hydrogen) atoms. The molecule has 1 heterocycles. The molecule has 0 spiro atoms. The largest absolute Gasteiger partial charge is 0.490 e. The lowest BCUT2D eigenvalue weighted by Crippen LogP contribution is -2.51. The number of rotatable bonds is 6. The van der Waals surface area contributed by atoms with Crippen LogP contribution >= 0.6 is 0 Å². The van der Waals surface area contributed by atoms with Gasteiger partial charge in [0.15, 0.2) is 0 Å². The van der Waals surface area contributed by atoms with Crippen molar-refractivity contribution >= 4 is 33.3 Å². The van der Waals surface area contributed by atoms with Gasteiger partial charge in [0.25, 0.3) is 10.0 Å². The van der Waals surface area contributed by atoms with Gasteiger partial charge in [0.1, 0.15) is 0 Å². The van der Waals surface area contributed by atoms with E-state index in [1.807, 2.05) is 0 Å². The summed E-state index contributed by atoms with van der Waals surface area (Å²) in [7, 11) is -3.86. The van der Waals surface area contributed by atoms with Gasteiger partial charge >= 0.3 is 18.1 Å². The van der Waals surface area contributed by atoms with Crippen LogP contribution in [0.3, 0.4) is 0 Å². The van der Waals surface area contributed by atoms with E-state index in [4.69, 9.17) is 9.90 Å². The number of carboxylic acids is 2. The minimum atomic E-state index is -5.08. The second kappa shape index (κ2) is 12.7. The molecule has 4 rings (SSSR count). The molecule has 0 amide bonds. The van der Waals surface area contributed by atoms with Crippen molar-refractivity contribution in [2.24, 2.45) is 0 Å². The van der Waals surface area contributed by atoms with E-state index >= 15 is 0 Å². The number of aryl methyl sites for hydroxylation is 1. The molecule has 2 aromatic carbocycles. The first-order valence-corrected chi connectivity index (χ1v) is 14.0. The summed E-state index contributed by atoms with van der Waals surface area (Å²) < 4.78 is 60.6. The molecule has 13 heteroatoms. The van der Waals surface area contributed by atoms with Crippen molar-refractivity contribution in [1.82, 2.24) is 4.90 Å². The van der Waals surface area contributed by atoms with Gasteiger partial charge in [-0.25, -0.2) is 18.0 Å². The molecule has 2 aliphatic rings. The average molecular weight is 572 g/mol. The zero-order valence-electron chi connectivity index (χ0n) is 21.4. The topological polar surface area (TPSA) is 127 Å². The minimum Gasteiger partial charge on any atom is -0.478 e. The van der Waals surface area contributed by atoms with Crippen LogP contribution < -0.4 is 9.62 Å². The van der Waals surface area contributed by atoms with Crippen LogP contribution in [0.15, 0.2) is 47.4 Å². The van der Waals surface area contributed by atoms with Crippen molar-refractivity contribution in [3.05, 3.63) is 53.6 Å². The van der Waals surface area contributed by atoms with Gasteiger partial charge in [0.2, 0.25) is 0 Å². The summed E-state index contributed by atoms with van der Waals surface area (Å²) in [6, 6.07) is 12.1. The number of benzene rings is 2. The maximum atomic E-state index is 13.1. The Balaban J connectivity index is 0.000000532. The second-order valence-corrected chi connectivity index (χ2v) is 11.2. The molecular formula is C26H32F3N3O6S. The fourth-order valence-electron chi connectivity index (χ4n) is 4.86. The summed E-state index contributed by atoms with van der Waals surface area (Å²) >= 11 is 0. The monoisotopic (exact) mass is 571 g/mol. The number of halogens is 3. The van der Waals surface area contributed by atoms with Crippen molar-refractivity contribution in [2.75, 3.05) is 35.8 Å². The van der Waals surface area contributed by atoms with Crippen LogP contribution in [0.1, 0.15) is 48.0 Å². The van der Waals surface area contributed by atoms with Crippen LogP contribution in [0, 0.1) is 6.92 Å². The van der Waals surface area contributed by atoms with Gasteiger partial charge < -0.3 is 15.1 Å². The van der Waals surface area contributed by atoms with E-state index < -0.39 is 28.1 Å². The highest BCUT2D eigenvalue weighted by Crippen LogP contribution is 2.32. The fourth-order valence-corrected chi connectivity index (χ4v) is 6.17. The van der Waals surface area contributed by atoms with Crippen LogP contribution in [0.25, 0.3) is 0 Å². The van der Waals surface area contributed by atoms with Crippen molar-refractivity contribution in [3.8, 4) is 0 Å². The number of aromatic carboxylic acids is 1. The number of nitrogens with zero attached hydrogens (tertiary/aromatic N) is 2. The number of anilines is 2. The van der Waals surface area contributed by atoms with Gasteiger partial charge in [0.05, 0.1) is 21.8 Å². The summed E-state index contributed by atoms with van der Waals surface area (Å²) in [5, 5.41) is 16.6. The van der Waals surface area contributed by atoms with Gasteiger partial charge in [-0.05, 0) is 49.6 Å². The molecule has 1 saturated carbocycles. The lowest BCUT2D eigenvalue weighted by Gasteiger charge is -2.42. The highest BCUT2D eigenvalue weighted by atomic mass is 32.2.